The SMILES string of the molecule is CCCCCCCCCCCCOC(=O)CC1C(=O)NCCN1C(=O)COc1ccc(-c2ccccc2)cc1. The highest BCUT2D eigenvalue weighted by Crippen LogP contribution is 2.22. The van der Waals surface area contributed by atoms with E-state index in [0.717, 1.165) is 30.4 Å². The van der Waals surface area contributed by atoms with Gasteiger partial charge in [-0.25, -0.2) is 0 Å². The van der Waals surface area contributed by atoms with E-state index >= 15 is 0 Å². The summed E-state index contributed by atoms with van der Waals surface area (Å²) < 4.78 is 11.1. The van der Waals surface area contributed by atoms with Crippen molar-refractivity contribution in [3.05, 3.63) is 54.6 Å². The Kier molecular flexibility index (Phi) is 13.4. The summed E-state index contributed by atoms with van der Waals surface area (Å²) in [5.74, 6) is -0.553. The van der Waals surface area contributed by atoms with Crippen molar-refractivity contribution in [2.45, 2.75) is 83.6 Å². The minimum absolute atomic E-state index is 0.152. The van der Waals surface area contributed by atoms with Crippen molar-refractivity contribution in [1.82, 2.24) is 10.2 Å². The van der Waals surface area contributed by atoms with Gasteiger partial charge in [-0.2, -0.15) is 0 Å². The maximum Gasteiger partial charge on any atom is 0.308 e. The molecule has 1 saturated heterocycles. The molecule has 0 spiro atoms. The molecule has 1 fully saturated rings. The molecule has 2 amide bonds. The molecule has 0 saturated carbocycles. The number of carbonyl (C=O) groups is 3. The van der Waals surface area contributed by atoms with Gasteiger partial charge in [0.15, 0.2) is 6.61 Å². The van der Waals surface area contributed by atoms with Crippen LogP contribution >= 0.6 is 0 Å². The van der Waals surface area contributed by atoms with E-state index in [2.05, 4.69) is 12.2 Å². The van der Waals surface area contributed by atoms with Crippen LogP contribution in [0.15, 0.2) is 54.6 Å². The number of esters is 1. The molecular formula is C32H44N2O5. The Morgan fingerprint density at radius 2 is 1.46 bits per heavy atom. The van der Waals surface area contributed by atoms with Gasteiger partial charge in [0.05, 0.1) is 13.0 Å². The highest BCUT2D eigenvalue weighted by atomic mass is 16.5. The number of nitrogens with one attached hydrogen (secondary N) is 1. The Bertz CT molecular complexity index is 1010. The van der Waals surface area contributed by atoms with Crippen molar-refractivity contribution in [3.8, 4) is 16.9 Å². The van der Waals surface area contributed by atoms with Crippen molar-refractivity contribution in [1.29, 1.82) is 0 Å². The number of benzene rings is 2. The number of rotatable bonds is 17. The first-order chi connectivity index (χ1) is 19.1. The van der Waals surface area contributed by atoms with Crippen LogP contribution in [-0.2, 0) is 19.1 Å². The maximum absolute atomic E-state index is 12.9. The number of piperazine rings is 1. The van der Waals surface area contributed by atoms with Gasteiger partial charge in [-0.3, -0.25) is 14.4 Å². The number of ether oxygens (including phenoxy) is 2. The molecule has 0 aliphatic carbocycles. The minimum atomic E-state index is -0.879. The molecule has 0 radical (unpaired) electrons. The van der Waals surface area contributed by atoms with Crippen LogP contribution in [-0.4, -0.2) is 55.0 Å². The van der Waals surface area contributed by atoms with Crippen LogP contribution in [0.4, 0.5) is 0 Å². The lowest BCUT2D eigenvalue weighted by molar-refractivity contribution is -0.152. The summed E-state index contributed by atoms with van der Waals surface area (Å²) in [6.45, 7) is 3.05. The molecule has 2 aromatic carbocycles. The lowest BCUT2D eigenvalue weighted by Gasteiger charge is -2.34. The highest BCUT2D eigenvalue weighted by molar-refractivity contribution is 5.92. The summed E-state index contributed by atoms with van der Waals surface area (Å²) in [4.78, 5) is 39.3. The van der Waals surface area contributed by atoms with Gasteiger partial charge in [-0.1, -0.05) is 107 Å². The van der Waals surface area contributed by atoms with E-state index in [1.54, 1.807) is 0 Å². The van der Waals surface area contributed by atoms with Gasteiger partial charge in [0.25, 0.3) is 5.91 Å². The fourth-order valence-corrected chi connectivity index (χ4v) is 4.81. The average Bonchev–Trinajstić information content (AvgIpc) is 2.96. The average molecular weight is 537 g/mol. The summed E-state index contributed by atoms with van der Waals surface area (Å²) in [7, 11) is 0. The third kappa shape index (κ3) is 10.7. The van der Waals surface area contributed by atoms with Crippen molar-refractivity contribution >= 4 is 17.8 Å². The van der Waals surface area contributed by atoms with E-state index in [1.807, 2.05) is 54.6 Å². The van der Waals surface area contributed by atoms with Crippen LogP contribution in [0, 0.1) is 0 Å². The third-order valence-corrected chi connectivity index (χ3v) is 7.10. The molecule has 1 unspecified atom stereocenters. The topological polar surface area (TPSA) is 84.9 Å². The van der Waals surface area contributed by atoms with Crippen LogP contribution in [0.25, 0.3) is 11.1 Å². The van der Waals surface area contributed by atoms with E-state index < -0.39 is 12.0 Å². The standard InChI is InChI=1S/C32H44N2O5/c1-2-3-4-5-6-7-8-9-10-14-23-38-31(36)24-29-32(37)33-21-22-34(29)30(35)25-39-28-19-17-27(18-20-28)26-15-12-11-13-16-26/h11-13,15-20,29H,2-10,14,21-25H2,1H3,(H,33,37). The quantitative estimate of drug-likeness (QED) is 0.201. The summed E-state index contributed by atoms with van der Waals surface area (Å²) >= 11 is 0. The Labute approximate surface area is 233 Å². The van der Waals surface area contributed by atoms with Crippen LogP contribution in [0.1, 0.15) is 77.6 Å². The molecule has 1 heterocycles. The molecule has 0 bridgehead atoms. The second kappa shape index (κ2) is 17.3. The zero-order valence-electron chi connectivity index (χ0n) is 23.4. The zero-order chi connectivity index (χ0) is 27.7. The molecule has 1 aliphatic rings. The van der Waals surface area contributed by atoms with Crippen LogP contribution in [0.2, 0.25) is 0 Å². The predicted octanol–water partition coefficient (Wildman–Crippen LogP) is 5.91. The molecule has 212 valence electrons. The Balaban J connectivity index is 1.36. The molecule has 7 nitrogen and oxygen atoms in total. The van der Waals surface area contributed by atoms with E-state index in [4.69, 9.17) is 9.47 Å². The molecule has 39 heavy (non-hydrogen) atoms. The lowest BCUT2D eigenvalue weighted by Crippen LogP contribution is -2.58. The Morgan fingerprint density at radius 1 is 0.846 bits per heavy atom. The first-order valence-corrected chi connectivity index (χ1v) is 14.6. The number of amides is 2. The van der Waals surface area contributed by atoms with Crippen molar-refractivity contribution in [3.63, 3.8) is 0 Å². The van der Waals surface area contributed by atoms with E-state index in [0.29, 0.717) is 25.4 Å². The van der Waals surface area contributed by atoms with Gasteiger partial charge in [0, 0.05) is 13.1 Å². The number of unbranched alkanes of at least 4 members (excludes halogenated alkanes) is 9. The number of carbonyl (C=O) groups excluding carboxylic acids is 3. The van der Waals surface area contributed by atoms with Crippen LogP contribution in [0.3, 0.4) is 0 Å². The van der Waals surface area contributed by atoms with Crippen LogP contribution in [0.5, 0.6) is 5.75 Å². The van der Waals surface area contributed by atoms with Gasteiger partial charge >= 0.3 is 5.97 Å². The first-order valence-electron chi connectivity index (χ1n) is 14.6. The third-order valence-electron chi connectivity index (χ3n) is 7.10. The number of nitrogens with zero attached hydrogens (tertiary/aromatic N) is 1. The minimum Gasteiger partial charge on any atom is -0.484 e. The number of hydrogen-bond donors (Lipinski definition) is 1. The van der Waals surface area contributed by atoms with Crippen molar-refractivity contribution in [2.75, 3.05) is 26.3 Å². The van der Waals surface area contributed by atoms with Gasteiger partial charge in [-0.15, -0.1) is 0 Å². The normalized spacial score (nSPS) is 15.1. The largest absolute Gasteiger partial charge is 0.484 e. The summed E-state index contributed by atoms with van der Waals surface area (Å²) in [6, 6.07) is 16.6. The Hall–Kier alpha value is -3.35. The fourth-order valence-electron chi connectivity index (χ4n) is 4.81. The fraction of sp³-hybridized carbons (Fsp3) is 0.531. The Morgan fingerprint density at radius 3 is 2.13 bits per heavy atom. The lowest BCUT2D eigenvalue weighted by atomic mass is 10.1. The van der Waals surface area contributed by atoms with E-state index in [9.17, 15) is 14.4 Å². The molecule has 0 aromatic heterocycles. The van der Waals surface area contributed by atoms with Crippen molar-refractivity contribution < 1.29 is 23.9 Å². The molecular weight excluding hydrogens is 492 g/mol. The number of hydrogen-bond acceptors (Lipinski definition) is 5. The second-order valence-corrected chi connectivity index (χ2v) is 10.2. The van der Waals surface area contributed by atoms with Crippen molar-refractivity contribution in [2.24, 2.45) is 0 Å². The molecule has 1 atom stereocenters. The summed E-state index contributed by atoms with van der Waals surface area (Å²) in [5.41, 5.74) is 2.15. The molecule has 2 aromatic rings. The summed E-state index contributed by atoms with van der Waals surface area (Å²) in [5, 5.41) is 2.75. The van der Waals surface area contributed by atoms with Gasteiger partial charge in [-0.05, 0) is 29.7 Å². The summed E-state index contributed by atoms with van der Waals surface area (Å²) in [6.07, 6.45) is 11.9. The predicted molar refractivity (Wildman–Crippen MR) is 153 cm³/mol. The molecule has 1 aliphatic heterocycles. The zero-order valence-corrected chi connectivity index (χ0v) is 23.4. The smallest absolute Gasteiger partial charge is 0.308 e. The maximum atomic E-state index is 12.9. The monoisotopic (exact) mass is 536 g/mol. The van der Waals surface area contributed by atoms with Gasteiger partial charge in [0.1, 0.15) is 11.8 Å². The van der Waals surface area contributed by atoms with Crippen LogP contribution < -0.4 is 10.1 Å². The molecule has 1 N–H and O–H groups in total. The first kappa shape index (κ1) is 30.2. The van der Waals surface area contributed by atoms with E-state index in [-0.39, 0.29) is 24.8 Å². The van der Waals surface area contributed by atoms with Gasteiger partial charge in [0.2, 0.25) is 5.91 Å². The molecule has 3 rings (SSSR count). The van der Waals surface area contributed by atoms with E-state index in [1.165, 1.54) is 49.8 Å². The van der Waals surface area contributed by atoms with Gasteiger partial charge < -0.3 is 19.7 Å². The molecule has 7 heteroatoms. The highest BCUT2D eigenvalue weighted by Gasteiger charge is 2.35. The second-order valence-electron chi connectivity index (χ2n) is 10.2.